The largest absolute Gasteiger partial charge is 0.350 e. The Morgan fingerprint density at radius 1 is 1.38 bits per heavy atom. The fraction of sp³-hybridized carbons (Fsp3) is 0.579. The van der Waals surface area contributed by atoms with Gasteiger partial charge in [-0.2, -0.15) is 0 Å². The summed E-state index contributed by atoms with van der Waals surface area (Å²) in [7, 11) is 0. The highest BCUT2D eigenvalue weighted by atomic mass is 16.2. The second-order valence-electron chi connectivity index (χ2n) is 6.93. The molecule has 2 amide bonds. The first-order valence-corrected chi connectivity index (χ1v) is 9.04. The summed E-state index contributed by atoms with van der Waals surface area (Å²) in [6.07, 6.45) is 4.31. The highest BCUT2D eigenvalue weighted by Gasteiger charge is 2.22. The van der Waals surface area contributed by atoms with Crippen molar-refractivity contribution < 1.29 is 9.59 Å². The molecule has 2 N–H and O–H groups in total. The zero-order valence-electron chi connectivity index (χ0n) is 14.4. The Labute approximate surface area is 143 Å². The van der Waals surface area contributed by atoms with Gasteiger partial charge in [0.15, 0.2) is 0 Å². The topological polar surface area (TPSA) is 61.4 Å². The van der Waals surface area contributed by atoms with Crippen LogP contribution in [0.5, 0.6) is 0 Å². The number of anilines is 1. The molecule has 130 valence electrons. The quantitative estimate of drug-likeness (QED) is 0.842. The number of benzene rings is 1. The lowest BCUT2D eigenvalue weighted by atomic mass is 10.0. The monoisotopic (exact) mass is 329 g/mol. The van der Waals surface area contributed by atoms with Crippen molar-refractivity contribution in [2.75, 3.05) is 24.5 Å². The Kier molecular flexibility index (Phi) is 5.51. The van der Waals surface area contributed by atoms with Gasteiger partial charge in [-0.25, -0.2) is 0 Å². The van der Waals surface area contributed by atoms with Gasteiger partial charge in [0.2, 0.25) is 11.8 Å². The highest BCUT2D eigenvalue weighted by Crippen LogP contribution is 2.23. The fourth-order valence-electron chi connectivity index (χ4n) is 3.56. The Balaban J connectivity index is 1.49. The Morgan fingerprint density at radius 3 is 2.79 bits per heavy atom. The molecule has 0 saturated carbocycles. The fourth-order valence-corrected chi connectivity index (χ4v) is 3.56. The van der Waals surface area contributed by atoms with E-state index in [2.05, 4.69) is 10.6 Å². The van der Waals surface area contributed by atoms with Gasteiger partial charge in [-0.05, 0) is 62.9 Å². The summed E-state index contributed by atoms with van der Waals surface area (Å²) in [5, 5.41) is 6.41. The predicted octanol–water partition coefficient (Wildman–Crippen LogP) is 2.38. The second-order valence-corrected chi connectivity index (χ2v) is 6.93. The highest BCUT2D eigenvalue weighted by molar-refractivity contribution is 5.95. The number of carbonyl (C=O) groups excluding carboxylic acids is 2. The van der Waals surface area contributed by atoms with Crippen LogP contribution >= 0.6 is 0 Å². The predicted molar refractivity (Wildman–Crippen MR) is 94.8 cm³/mol. The van der Waals surface area contributed by atoms with E-state index in [1.54, 1.807) is 0 Å². The summed E-state index contributed by atoms with van der Waals surface area (Å²) in [5.74, 6) is 0.960. The minimum absolute atomic E-state index is 0.0115. The van der Waals surface area contributed by atoms with E-state index < -0.39 is 0 Å². The molecule has 0 bridgehead atoms. The van der Waals surface area contributed by atoms with Gasteiger partial charge < -0.3 is 15.5 Å². The van der Waals surface area contributed by atoms with Crippen LogP contribution in [0.1, 0.15) is 50.6 Å². The van der Waals surface area contributed by atoms with E-state index in [0.717, 1.165) is 43.7 Å². The molecule has 2 atom stereocenters. The lowest BCUT2D eigenvalue weighted by molar-refractivity contribution is -0.122. The van der Waals surface area contributed by atoms with Gasteiger partial charge in [-0.1, -0.05) is 12.1 Å². The van der Waals surface area contributed by atoms with E-state index in [-0.39, 0.29) is 17.9 Å². The van der Waals surface area contributed by atoms with Gasteiger partial charge in [-0.3, -0.25) is 9.59 Å². The molecule has 3 rings (SSSR count). The van der Waals surface area contributed by atoms with Crippen molar-refractivity contribution in [3.8, 4) is 0 Å². The maximum atomic E-state index is 12.1. The average molecular weight is 329 g/mol. The molecule has 2 aliphatic heterocycles. The van der Waals surface area contributed by atoms with Crippen molar-refractivity contribution in [3.05, 3.63) is 29.8 Å². The van der Waals surface area contributed by atoms with Crippen molar-refractivity contribution in [2.24, 2.45) is 5.92 Å². The zero-order valence-corrected chi connectivity index (χ0v) is 14.4. The van der Waals surface area contributed by atoms with Gasteiger partial charge in [0.25, 0.3) is 0 Å². The third-order valence-electron chi connectivity index (χ3n) is 5.10. The first-order valence-electron chi connectivity index (χ1n) is 9.04. The standard InChI is InChI=1S/C19H27N3O2/c1-14(21-18(23)9-4-15-10-11-20-13-15)16-5-7-17(8-6-16)22-12-2-3-19(22)24/h5-8,14-15,20H,2-4,9-13H2,1H3,(H,21,23). The van der Waals surface area contributed by atoms with Crippen LogP contribution in [0.25, 0.3) is 0 Å². The van der Waals surface area contributed by atoms with E-state index >= 15 is 0 Å². The van der Waals surface area contributed by atoms with Crippen LogP contribution in [0.4, 0.5) is 5.69 Å². The van der Waals surface area contributed by atoms with Crippen molar-refractivity contribution in [1.82, 2.24) is 10.6 Å². The lowest BCUT2D eigenvalue weighted by Gasteiger charge is -2.18. The van der Waals surface area contributed by atoms with Gasteiger partial charge in [-0.15, -0.1) is 0 Å². The summed E-state index contributed by atoms with van der Waals surface area (Å²) in [4.78, 5) is 25.7. The first-order chi connectivity index (χ1) is 11.6. The summed E-state index contributed by atoms with van der Waals surface area (Å²) >= 11 is 0. The van der Waals surface area contributed by atoms with Crippen LogP contribution in [0.3, 0.4) is 0 Å². The minimum Gasteiger partial charge on any atom is -0.350 e. The Bertz CT molecular complexity index is 579. The Hall–Kier alpha value is -1.88. The molecule has 2 fully saturated rings. The average Bonchev–Trinajstić information content (AvgIpc) is 3.24. The van der Waals surface area contributed by atoms with Crippen molar-refractivity contribution in [3.63, 3.8) is 0 Å². The van der Waals surface area contributed by atoms with Crippen LogP contribution in [-0.4, -0.2) is 31.4 Å². The SMILES string of the molecule is CC(NC(=O)CCC1CCNC1)c1ccc(N2CCCC2=O)cc1. The maximum Gasteiger partial charge on any atom is 0.227 e. The molecule has 2 unspecified atom stereocenters. The molecule has 1 aromatic carbocycles. The molecule has 5 heteroatoms. The number of nitrogens with zero attached hydrogens (tertiary/aromatic N) is 1. The van der Waals surface area contributed by atoms with Gasteiger partial charge in [0.05, 0.1) is 6.04 Å². The summed E-state index contributed by atoms with van der Waals surface area (Å²) < 4.78 is 0. The van der Waals surface area contributed by atoms with Crippen molar-refractivity contribution in [1.29, 1.82) is 0 Å². The maximum absolute atomic E-state index is 12.1. The van der Waals surface area contributed by atoms with Crippen LogP contribution in [0.15, 0.2) is 24.3 Å². The van der Waals surface area contributed by atoms with E-state index in [1.165, 1.54) is 6.42 Å². The molecular formula is C19H27N3O2. The van der Waals surface area contributed by atoms with Crippen molar-refractivity contribution >= 4 is 17.5 Å². The number of hydrogen-bond donors (Lipinski definition) is 2. The second kappa shape index (κ2) is 7.79. The molecule has 2 heterocycles. The van der Waals surface area contributed by atoms with Crippen LogP contribution in [0, 0.1) is 5.92 Å². The van der Waals surface area contributed by atoms with E-state index in [0.29, 0.717) is 18.8 Å². The Morgan fingerprint density at radius 2 is 2.17 bits per heavy atom. The molecule has 0 spiro atoms. The number of hydrogen-bond acceptors (Lipinski definition) is 3. The molecule has 2 aliphatic rings. The minimum atomic E-state index is -0.0115. The van der Waals surface area contributed by atoms with Crippen LogP contribution < -0.4 is 15.5 Å². The van der Waals surface area contributed by atoms with E-state index in [9.17, 15) is 9.59 Å². The molecule has 0 radical (unpaired) electrons. The summed E-state index contributed by atoms with van der Waals surface area (Å²) in [6, 6.07) is 7.96. The molecule has 5 nitrogen and oxygen atoms in total. The zero-order chi connectivity index (χ0) is 16.9. The molecule has 2 saturated heterocycles. The molecule has 24 heavy (non-hydrogen) atoms. The normalized spacial score (nSPS) is 22.0. The number of amides is 2. The van der Waals surface area contributed by atoms with Gasteiger partial charge in [0.1, 0.15) is 0 Å². The lowest BCUT2D eigenvalue weighted by Crippen LogP contribution is -2.27. The number of carbonyl (C=O) groups is 2. The van der Waals surface area contributed by atoms with E-state index in [1.807, 2.05) is 36.1 Å². The van der Waals surface area contributed by atoms with Gasteiger partial charge in [0, 0.05) is 25.1 Å². The summed E-state index contributed by atoms with van der Waals surface area (Å²) in [5.41, 5.74) is 2.02. The number of nitrogens with one attached hydrogen (secondary N) is 2. The summed E-state index contributed by atoms with van der Waals surface area (Å²) in [6.45, 7) is 4.93. The smallest absolute Gasteiger partial charge is 0.227 e. The molecule has 0 aromatic heterocycles. The van der Waals surface area contributed by atoms with Crippen molar-refractivity contribution in [2.45, 2.75) is 45.1 Å². The van der Waals surface area contributed by atoms with Crippen LogP contribution in [-0.2, 0) is 9.59 Å². The third kappa shape index (κ3) is 4.15. The van der Waals surface area contributed by atoms with Crippen LogP contribution in [0.2, 0.25) is 0 Å². The number of rotatable bonds is 6. The first kappa shape index (κ1) is 17.0. The van der Waals surface area contributed by atoms with Gasteiger partial charge >= 0.3 is 0 Å². The third-order valence-corrected chi connectivity index (χ3v) is 5.10. The molecular weight excluding hydrogens is 302 g/mol. The van der Waals surface area contributed by atoms with E-state index in [4.69, 9.17) is 0 Å². The molecule has 1 aromatic rings. The molecule has 0 aliphatic carbocycles.